The predicted octanol–water partition coefficient (Wildman–Crippen LogP) is 2.51. The van der Waals surface area contributed by atoms with Crippen molar-refractivity contribution in [1.29, 1.82) is 0 Å². The molecule has 0 unspecified atom stereocenters. The molecule has 136 valence electrons. The molecule has 0 atom stereocenters. The molecule has 2 heterocycles. The maximum Gasteiger partial charge on any atom is 0.191 e. The standard InChI is InChI=1S/C19H23FN6/c1-19(2,14-8-4-5-9-15(14)20)13-23-18(21-3)22-12-17-25-24-16-10-6-7-11-26(16)17/h4-11H,12-13H2,1-3H3,(H2,21,22,23). The van der Waals surface area contributed by atoms with Crippen LogP contribution in [0.1, 0.15) is 25.2 Å². The van der Waals surface area contributed by atoms with Gasteiger partial charge in [-0.1, -0.05) is 38.1 Å². The monoisotopic (exact) mass is 354 g/mol. The second-order valence-electron chi connectivity index (χ2n) is 6.69. The molecule has 0 saturated heterocycles. The first-order valence-electron chi connectivity index (χ1n) is 8.49. The van der Waals surface area contributed by atoms with Gasteiger partial charge in [0.2, 0.25) is 0 Å². The van der Waals surface area contributed by atoms with Crippen molar-refractivity contribution in [2.24, 2.45) is 4.99 Å². The molecule has 6 nitrogen and oxygen atoms in total. The van der Waals surface area contributed by atoms with Crippen LogP contribution in [0, 0.1) is 5.82 Å². The Hall–Kier alpha value is -2.96. The van der Waals surface area contributed by atoms with Gasteiger partial charge in [-0.3, -0.25) is 9.39 Å². The lowest BCUT2D eigenvalue weighted by atomic mass is 9.84. The lowest BCUT2D eigenvalue weighted by Gasteiger charge is -2.27. The molecule has 2 aromatic heterocycles. The molecule has 0 spiro atoms. The van der Waals surface area contributed by atoms with Gasteiger partial charge in [0.15, 0.2) is 17.4 Å². The maximum atomic E-state index is 14.1. The zero-order valence-corrected chi connectivity index (χ0v) is 15.2. The van der Waals surface area contributed by atoms with Crippen LogP contribution in [0.25, 0.3) is 5.65 Å². The van der Waals surface area contributed by atoms with Gasteiger partial charge in [-0.05, 0) is 23.8 Å². The molecular weight excluding hydrogens is 331 g/mol. The Morgan fingerprint density at radius 2 is 1.88 bits per heavy atom. The lowest BCUT2D eigenvalue weighted by Crippen LogP contribution is -2.43. The van der Waals surface area contributed by atoms with E-state index in [1.54, 1.807) is 13.1 Å². The van der Waals surface area contributed by atoms with E-state index in [2.05, 4.69) is 25.8 Å². The summed E-state index contributed by atoms with van der Waals surface area (Å²) in [6.45, 7) is 5.01. The number of nitrogens with zero attached hydrogens (tertiary/aromatic N) is 4. The highest BCUT2D eigenvalue weighted by atomic mass is 19.1. The zero-order chi connectivity index (χ0) is 18.6. The number of aromatic nitrogens is 3. The summed E-state index contributed by atoms with van der Waals surface area (Å²) < 4.78 is 16.0. The first kappa shape index (κ1) is 17.8. The van der Waals surface area contributed by atoms with E-state index in [9.17, 15) is 4.39 Å². The average Bonchev–Trinajstić information content (AvgIpc) is 3.05. The van der Waals surface area contributed by atoms with Gasteiger partial charge in [0.05, 0.1) is 6.54 Å². The highest BCUT2D eigenvalue weighted by Crippen LogP contribution is 2.24. The Kier molecular flexibility index (Phi) is 5.16. The van der Waals surface area contributed by atoms with Crippen LogP contribution >= 0.6 is 0 Å². The summed E-state index contributed by atoms with van der Waals surface area (Å²) in [4.78, 5) is 4.23. The van der Waals surface area contributed by atoms with E-state index in [1.807, 2.05) is 54.8 Å². The molecule has 0 radical (unpaired) electrons. The predicted molar refractivity (Wildman–Crippen MR) is 101 cm³/mol. The van der Waals surface area contributed by atoms with Gasteiger partial charge in [0.25, 0.3) is 0 Å². The van der Waals surface area contributed by atoms with E-state index in [-0.39, 0.29) is 11.2 Å². The summed E-state index contributed by atoms with van der Waals surface area (Å²) >= 11 is 0. The first-order chi connectivity index (χ1) is 12.5. The van der Waals surface area contributed by atoms with Crippen LogP contribution in [0.4, 0.5) is 4.39 Å². The van der Waals surface area contributed by atoms with E-state index in [0.717, 1.165) is 11.5 Å². The molecule has 3 aromatic rings. The fraction of sp³-hybridized carbons (Fsp3) is 0.316. The Morgan fingerprint density at radius 1 is 1.12 bits per heavy atom. The van der Waals surface area contributed by atoms with E-state index < -0.39 is 0 Å². The SMILES string of the molecule is CN=C(NCc1nnc2ccccn12)NCC(C)(C)c1ccccc1F. The number of pyridine rings is 1. The smallest absolute Gasteiger partial charge is 0.191 e. The topological polar surface area (TPSA) is 66.6 Å². The second-order valence-corrected chi connectivity index (χ2v) is 6.69. The van der Waals surface area contributed by atoms with E-state index in [1.165, 1.54) is 6.07 Å². The average molecular weight is 354 g/mol. The van der Waals surface area contributed by atoms with E-state index in [4.69, 9.17) is 0 Å². The number of rotatable bonds is 5. The molecule has 7 heteroatoms. The molecule has 0 aliphatic heterocycles. The fourth-order valence-electron chi connectivity index (χ4n) is 2.80. The van der Waals surface area contributed by atoms with Crippen LogP contribution in [0.15, 0.2) is 53.7 Å². The minimum atomic E-state index is -0.384. The van der Waals surface area contributed by atoms with Crippen LogP contribution in [0.3, 0.4) is 0 Å². The third kappa shape index (κ3) is 3.82. The van der Waals surface area contributed by atoms with Gasteiger partial charge >= 0.3 is 0 Å². The van der Waals surface area contributed by atoms with Crippen molar-refractivity contribution in [3.05, 3.63) is 65.9 Å². The van der Waals surface area contributed by atoms with Gasteiger partial charge in [0, 0.05) is 25.2 Å². The number of halogens is 1. The van der Waals surface area contributed by atoms with Crippen LogP contribution in [-0.2, 0) is 12.0 Å². The van der Waals surface area contributed by atoms with Gasteiger partial charge in [0.1, 0.15) is 5.82 Å². The number of hydrogen-bond acceptors (Lipinski definition) is 3. The quantitative estimate of drug-likeness (QED) is 0.546. The first-order valence-corrected chi connectivity index (χ1v) is 8.49. The molecule has 2 N–H and O–H groups in total. The summed E-state index contributed by atoms with van der Waals surface area (Å²) in [5.41, 5.74) is 1.09. The summed E-state index contributed by atoms with van der Waals surface area (Å²) in [6, 6.07) is 12.6. The summed E-state index contributed by atoms with van der Waals surface area (Å²) in [5, 5.41) is 14.8. The Balaban J connectivity index is 1.62. The zero-order valence-electron chi connectivity index (χ0n) is 15.2. The number of fused-ring (bicyclic) bond motifs is 1. The van der Waals surface area contributed by atoms with Crippen molar-refractivity contribution < 1.29 is 4.39 Å². The largest absolute Gasteiger partial charge is 0.356 e. The van der Waals surface area contributed by atoms with Gasteiger partial charge in [-0.2, -0.15) is 0 Å². The van der Waals surface area contributed by atoms with Crippen molar-refractivity contribution in [2.75, 3.05) is 13.6 Å². The van der Waals surface area contributed by atoms with Crippen molar-refractivity contribution in [1.82, 2.24) is 25.2 Å². The van der Waals surface area contributed by atoms with E-state index >= 15 is 0 Å². The Bertz CT molecular complexity index is 915. The van der Waals surface area contributed by atoms with E-state index in [0.29, 0.717) is 24.6 Å². The fourth-order valence-corrected chi connectivity index (χ4v) is 2.80. The molecule has 3 rings (SSSR count). The normalized spacial score (nSPS) is 12.4. The highest BCUT2D eigenvalue weighted by molar-refractivity contribution is 5.79. The third-order valence-corrected chi connectivity index (χ3v) is 4.32. The van der Waals surface area contributed by atoms with Crippen molar-refractivity contribution in [3.63, 3.8) is 0 Å². The van der Waals surface area contributed by atoms with Gasteiger partial charge in [-0.15, -0.1) is 10.2 Å². The minimum Gasteiger partial charge on any atom is -0.356 e. The maximum absolute atomic E-state index is 14.1. The van der Waals surface area contributed by atoms with Crippen LogP contribution in [-0.4, -0.2) is 34.2 Å². The summed E-state index contributed by atoms with van der Waals surface area (Å²) in [7, 11) is 1.70. The lowest BCUT2D eigenvalue weighted by molar-refractivity contribution is 0.473. The Morgan fingerprint density at radius 3 is 2.65 bits per heavy atom. The van der Waals surface area contributed by atoms with Crippen LogP contribution in [0.5, 0.6) is 0 Å². The van der Waals surface area contributed by atoms with Gasteiger partial charge < -0.3 is 10.6 Å². The second kappa shape index (κ2) is 7.51. The molecule has 1 aromatic carbocycles. The minimum absolute atomic E-state index is 0.197. The number of nitrogens with one attached hydrogen (secondary N) is 2. The number of aliphatic imine (C=N–C) groups is 1. The molecule has 0 amide bonds. The van der Waals surface area contributed by atoms with Crippen molar-refractivity contribution in [3.8, 4) is 0 Å². The summed E-state index contributed by atoms with van der Waals surface area (Å²) in [6.07, 6.45) is 1.92. The molecule has 26 heavy (non-hydrogen) atoms. The number of benzene rings is 1. The van der Waals surface area contributed by atoms with Crippen molar-refractivity contribution >= 4 is 11.6 Å². The molecule has 0 fully saturated rings. The summed E-state index contributed by atoms with van der Waals surface area (Å²) in [5.74, 6) is 1.22. The molecule has 0 aliphatic carbocycles. The molecule has 0 bridgehead atoms. The van der Waals surface area contributed by atoms with Gasteiger partial charge in [-0.25, -0.2) is 4.39 Å². The highest BCUT2D eigenvalue weighted by Gasteiger charge is 2.24. The molecular formula is C19H23FN6. The number of guanidine groups is 1. The van der Waals surface area contributed by atoms with Crippen LogP contribution in [0.2, 0.25) is 0 Å². The number of hydrogen-bond donors (Lipinski definition) is 2. The Labute approximate surface area is 152 Å². The third-order valence-electron chi connectivity index (χ3n) is 4.32. The van der Waals surface area contributed by atoms with Crippen molar-refractivity contribution in [2.45, 2.75) is 25.8 Å². The molecule has 0 saturated carbocycles. The van der Waals surface area contributed by atoms with Crippen LogP contribution < -0.4 is 10.6 Å². The molecule has 0 aliphatic rings.